The molecule has 1 aromatic heterocycles. The quantitative estimate of drug-likeness (QED) is 0.874. The van der Waals surface area contributed by atoms with Crippen LogP contribution < -0.4 is 10.6 Å². The summed E-state index contributed by atoms with van der Waals surface area (Å²) >= 11 is 0. The van der Waals surface area contributed by atoms with Gasteiger partial charge in [-0.2, -0.15) is 4.98 Å². The standard InChI is InChI=1S/C14H25N5/c1-2-14(7-3-4-8-14)12-16-13(18-17-12)19-9-5-11(15)6-10-19/h11H,2-10,15H2,1H3,(H,16,17,18). The third kappa shape index (κ3) is 2.36. The predicted octanol–water partition coefficient (Wildman–Crippen LogP) is 1.95. The Kier molecular flexibility index (Phi) is 3.48. The van der Waals surface area contributed by atoms with Gasteiger partial charge in [0.2, 0.25) is 5.95 Å². The molecule has 0 bridgehead atoms. The van der Waals surface area contributed by atoms with Crippen LogP contribution in [0.3, 0.4) is 0 Å². The molecule has 0 amide bonds. The average Bonchev–Trinajstić information content (AvgIpc) is 3.09. The lowest BCUT2D eigenvalue weighted by Crippen LogP contribution is -2.40. The fraction of sp³-hybridized carbons (Fsp3) is 0.857. The zero-order valence-corrected chi connectivity index (χ0v) is 11.9. The minimum Gasteiger partial charge on any atom is -0.339 e. The van der Waals surface area contributed by atoms with Crippen LogP contribution >= 0.6 is 0 Å². The van der Waals surface area contributed by atoms with E-state index in [0.717, 1.165) is 44.1 Å². The van der Waals surface area contributed by atoms with Gasteiger partial charge in [-0.05, 0) is 32.1 Å². The summed E-state index contributed by atoms with van der Waals surface area (Å²) in [5.41, 5.74) is 6.21. The number of nitrogens with zero attached hydrogens (tertiary/aromatic N) is 3. The summed E-state index contributed by atoms with van der Waals surface area (Å²) in [6.45, 7) is 4.24. The van der Waals surface area contributed by atoms with Crippen molar-refractivity contribution in [3.05, 3.63) is 5.82 Å². The van der Waals surface area contributed by atoms with Crippen molar-refractivity contribution in [1.29, 1.82) is 0 Å². The van der Waals surface area contributed by atoms with Crippen molar-refractivity contribution in [3.8, 4) is 0 Å². The summed E-state index contributed by atoms with van der Waals surface area (Å²) in [4.78, 5) is 7.07. The summed E-state index contributed by atoms with van der Waals surface area (Å²) in [6.07, 6.45) is 8.40. The lowest BCUT2D eigenvalue weighted by Gasteiger charge is -2.29. The first-order valence-electron chi connectivity index (χ1n) is 7.67. The zero-order chi connectivity index (χ0) is 13.3. The van der Waals surface area contributed by atoms with Crippen molar-refractivity contribution < 1.29 is 0 Å². The summed E-state index contributed by atoms with van der Waals surface area (Å²) in [7, 11) is 0. The van der Waals surface area contributed by atoms with Gasteiger partial charge in [-0.3, -0.25) is 5.10 Å². The van der Waals surface area contributed by atoms with Crippen LogP contribution in [-0.4, -0.2) is 34.3 Å². The molecule has 1 saturated carbocycles. The molecule has 106 valence electrons. The fourth-order valence-electron chi connectivity index (χ4n) is 3.54. The Morgan fingerprint density at radius 1 is 1.32 bits per heavy atom. The summed E-state index contributed by atoms with van der Waals surface area (Å²) in [6, 6.07) is 0.353. The smallest absolute Gasteiger partial charge is 0.244 e. The number of nitrogens with two attached hydrogens (primary N) is 1. The molecule has 0 radical (unpaired) electrons. The summed E-state index contributed by atoms with van der Waals surface area (Å²) < 4.78 is 0. The van der Waals surface area contributed by atoms with Gasteiger partial charge < -0.3 is 10.6 Å². The van der Waals surface area contributed by atoms with Crippen LogP contribution in [0.25, 0.3) is 0 Å². The Balaban J connectivity index is 1.75. The lowest BCUT2D eigenvalue weighted by molar-refractivity contribution is 0.400. The molecule has 0 unspecified atom stereocenters. The maximum Gasteiger partial charge on any atom is 0.244 e. The molecule has 1 aliphatic carbocycles. The molecule has 2 fully saturated rings. The minimum absolute atomic E-state index is 0.261. The average molecular weight is 263 g/mol. The molecule has 0 spiro atoms. The molecule has 0 aromatic carbocycles. The van der Waals surface area contributed by atoms with E-state index in [-0.39, 0.29) is 5.41 Å². The highest BCUT2D eigenvalue weighted by Crippen LogP contribution is 2.42. The van der Waals surface area contributed by atoms with Crippen molar-refractivity contribution in [1.82, 2.24) is 15.2 Å². The number of H-pyrrole nitrogens is 1. The van der Waals surface area contributed by atoms with Gasteiger partial charge in [0.15, 0.2) is 0 Å². The van der Waals surface area contributed by atoms with E-state index in [1.54, 1.807) is 0 Å². The van der Waals surface area contributed by atoms with E-state index in [2.05, 4.69) is 22.0 Å². The van der Waals surface area contributed by atoms with Crippen molar-refractivity contribution >= 4 is 5.95 Å². The monoisotopic (exact) mass is 263 g/mol. The van der Waals surface area contributed by atoms with Gasteiger partial charge in [0.05, 0.1) is 0 Å². The third-order valence-corrected chi connectivity index (χ3v) is 5.04. The number of hydrogen-bond acceptors (Lipinski definition) is 4. The maximum atomic E-state index is 5.95. The molecular weight excluding hydrogens is 238 g/mol. The molecule has 5 nitrogen and oxygen atoms in total. The maximum absolute atomic E-state index is 5.95. The first-order chi connectivity index (χ1) is 9.23. The van der Waals surface area contributed by atoms with E-state index in [9.17, 15) is 0 Å². The Morgan fingerprint density at radius 2 is 2.00 bits per heavy atom. The normalized spacial score (nSPS) is 24.0. The van der Waals surface area contributed by atoms with Crippen molar-refractivity contribution in [2.75, 3.05) is 18.0 Å². The number of aromatic amines is 1. The number of hydrogen-bond donors (Lipinski definition) is 2. The lowest BCUT2D eigenvalue weighted by atomic mass is 9.83. The Labute approximate surface area is 115 Å². The van der Waals surface area contributed by atoms with Gasteiger partial charge in [-0.15, -0.1) is 5.10 Å². The van der Waals surface area contributed by atoms with Crippen molar-refractivity contribution in [2.24, 2.45) is 5.73 Å². The molecule has 2 heterocycles. The molecule has 5 heteroatoms. The van der Waals surface area contributed by atoms with Gasteiger partial charge in [-0.1, -0.05) is 19.8 Å². The number of aromatic nitrogens is 3. The van der Waals surface area contributed by atoms with E-state index < -0.39 is 0 Å². The first kappa shape index (κ1) is 12.9. The predicted molar refractivity (Wildman–Crippen MR) is 76.2 cm³/mol. The van der Waals surface area contributed by atoms with Crippen LogP contribution in [0.1, 0.15) is 57.7 Å². The number of nitrogens with one attached hydrogen (secondary N) is 1. The number of piperidine rings is 1. The van der Waals surface area contributed by atoms with Crippen LogP contribution in [-0.2, 0) is 5.41 Å². The van der Waals surface area contributed by atoms with Gasteiger partial charge >= 0.3 is 0 Å². The molecule has 3 N–H and O–H groups in total. The van der Waals surface area contributed by atoms with Crippen molar-refractivity contribution in [2.45, 2.75) is 63.3 Å². The summed E-state index contributed by atoms with van der Waals surface area (Å²) in [5, 5.41) is 7.67. The minimum atomic E-state index is 0.261. The largest absolute Gasteiger partial charge is 0.339 e. The van der Waals surface area contributed by atoms with Gasteiger partial charge in [0.25, 0.3) is 0 Å². The highest BCUT2D eigenvalue weighted by Gasteiger charge is 2.37. The SMILES string of the molecule is CCC1(c2nc(N3CCC(N)CC3)n[nH]2)CCCC1. The number of anilines is 1. The van der Waals surface area contributed by atoms with E-state index in [1.165, 1.54) is 25.7 Å². The van der Waals surface area contributed by atoms with Gasteiger partial charge in [0, 0.05) is 24.5 Å². The molecule has 3 rings (SSSR count). The Hall–Kier alpha value is -1.10. The molecule has 0 atom stereocenters. The van der Waals surface area contributed by atoms with Crippen LogP contribution in [0, 0.1) is 0 Å². The molecule has 1 aromatic rings. The van der Waals surface area contributed by atoms with Gasteiger partial charge in [-0.25, -0.2) is 0 Å². The zero-order valence-electron chi connectivity index (χ0n) is 11.9. The fourth-order valence-corrected chi connectivity index (χ4v) is 3.54. The molecule has 2 aliphatic rings. The van der Waals surface area contributed by atoms with E-state index in [1.807, 2.05) is 0 Å². The molecule has 1 saturated heterocycles. The van der Waals surface area contributed by atoms with E-state index in [0.29, 0.717) is 6.04 Å². The molecular formula is C14H25N5. The third-order valence-electron chi connectivity index (χ3n) is 5.04. The van der Waals surface area contributed by atoms with Crippen molar-refractivity contribution in [3.63, 3.8) is 0 Å². The second-order valence-corrected chi connectivity index (χ2v) is 6.15. The first-order valence-corrected chi connectivity index (χ1v) is 7.67. The van der Waals surface area contributed by atoms with E-state index in [4.69, 9.17) is 10.7 Å². The second kappa shape index (κ2) is 5.12. The number of rotatable bonds is 3. The highest BCUT2D eigenvalue weighted by molar-refractivity contribution is 5.31. The van der Waals surface area contributed by atoms with Crippen LogP contribution in [0.15, 0.2) is 0 Å². The molecule has 1 aliphatic heterocycles. The summed E-state index contributed by atoms with van der Waals surface area (Å²) in [5.74, 6) is 1.99. The second-order valence-electron chi connectivity index (χ2n) is 6.15. The molecule has 19 heavy (non-hydrogen) atoms. The Morgan fingerprint density at radius 3 is 2.63 bits per heavy atom. The van der Waals surface area contributed by atoms with Crippen LogP contribution in [0.4, 0.5) is 5.95 Å². The van der Waals surface area contributed by atoms with Crippen LogP contribution in [0.5, 0.6) is 0 Å². The van der Waals surface area contributed by atoms with Gasteiger partial charge in [0.1, 0.15) is 5.82 Å². The highest BCUT2D eigenvalue weighted by atomic mass is 15.4. The Bertz CT molecular complexity index is 413. The topological polar surface area (TPSA) is 70.8 Å². The van der Waals surface area contributed by atoms with Crippen LogP contribution in [0.2, 0.25) is 0 Å². The van der Waals surface area contributed by atoms with E-state index >= 15 is 0 Å².